The molecular formula is C31H36Cl2N6O5S2. The number of ether oxygens (including phenoxy) is 2. The molecule has 3 saturated heterocycles. The summed E-state index contributed by atoms with van der Waals surface area (Å²) >= 11 is 15.8. The Balaban J connectivity index is 1.11. The van der Waals surface area contributed by atoms with E-state index in [1.54, 1.807) is 17.9 Å². The third-order valence-corrected chi connectivity index (χ3v) is 10.8. The lowest BCUT2D eigenvalue weighted by Gasteiger charge is -2.60. The van der Waals surface area contributed by atoms with Gasteiger partial charge in [0.2, 0.25) is 0 Å². The molecule has 3 fully saturated rings. The quantitative estimate of drug-likeness (QED) is 0.269. The number of carbonyl (C=O) groups excluding carboxylic acids is 3. The molecule has 46 heavy (non-hydrogen) atoms. The summed E-state index contributed by atoms with van der Waals surface area (Å²) < 4.78 is 10.7. The van der Waals surface area contributed by atoms with Crippen LogP contribution in [0.3, 0.4) is 0 Å². The summed E-state index contributed by atoms with van der Waals surface area (Å²) in [5, 5.41) is 7.16. The zero-order valence-corrected chi connectivity index (χ0v) is 29.2. The minimum absolute atomic E-state index is 0.0208. The topological polar surface area (TPSA) is 117 Å². The van der Waals surface area contributed by atoms with Crippen molar-refractivity contribution in [1.82, 2.24) is 14.9 Å². The van der Waals surface area contributed by atoms with E-state index in [2.05, 4.69) is 15.2 Å². The van der Waals surface area contributed by atoms with Gasteiger partial charge in [0.25, 0.3) is 5.91 Å². The molecule has 0 bridgehead atoms. The largest absolute Gasteiger partial charge is 0.466 e. The highest BCUT2D eigenvalue weighted by Gasteiger charge is 2.54. The Hall–Kier alpha value is -3.13. The maximum absolute atomic E-state index is 13.3. The van der Waals surface area contributed by atoms with Crippen LogP contribution in [0.15, 0.2) is 23.7 Å². The Morgan fingerprint density at radius 3 is 2.41 bits per heavy atom. The Morgan fingerprint density at radius 1 is 1.09 bits per heavy atom. The first-order chi connectivity index (χ1) is 21.8. The number of anilines is 3. The van der Waals surface area contributed by atoms with E-state index in [9.17, 15) is 14.4 Å². The normalized spacial score (nSPS) is 17.8. The number of nitrogens with one attached hydrogen (secondary N) is 1. The number of hydrogen-bond acceptors (Lipinski definition) is 11. The molecule has 1 N–H and O–H groups in total. The van der Waals surface area contributed by atoms with E-state index in [1.807, 2.05) is 37.1 Å². The van der Waals surface area contributed by atoms with Crippen molar-refractivity contribution in [3.8, 4) is 10.6 Å². The predicted octanol–water partition coefficient (Wildman–Crippen LogP) is 6.66. The van der Waals surface area contributed by atoms with Gasteiger partial charge in [-0.15, -0.1) is 11.3 Å². The fourth-order valence-electron chi connectivity index (χ4n) is 6.05. The lowest BCUT2D eigenvalue weighted by atomic mass is 9.73. The molecule has 3 aliphatic rings. The van der Waals surface area contributed by atoms with Crippen molar-refractivity contribution in [2.75, 3.05) is 61.0 Å². The van der Waals surface area contributed by atoms with Crippen LogP contribution in [-0.2, 0) is 14.3 Å². The van der Waals surface area contributed by atoms with Gasteiger partial charge in [-0.05, 0) is 52.7 Å². The van der Waals surface area contributed by atoms with Crippen molar-refractivity contribution in [3.63, 3.8) is 0 Å². The van der Waals surface area contributed by atoms with Gasteiger partial charge in [-0.2, -0.15) is 0 Å². The molecule has 0 radical (unpaired) electrons. The number of rotatable bonds is 7. The smallest absolute Gasteiger partial charge is 0.410 e. The van der Waals surface area contributed by atoms with Crippen LogP contribution < -0.4 is 15.1 Å². The molecule has 0 saturated carbocycles. The van der Waals surface area contributed by atoms with Crippen LogP contribution in [-0.4, -0.2) is 84.3 Å². The van der Waals surface area contributed by atoms with E-state index < -0.39 is 5.60 Å². The van der Waals surface area contributed by atoms with Crippen LogP contribution in [0.2, 0.25) is 10.0 Å². The number of thiophene rings is 1. The third-order valence-electron chi connectivity index (χ3n) is 8.17. The van der Waals surface area contributed by atoms with Crippen molar-refractivity contribution in [2.24, 2.45) is 11.3 Å². The monoisotopic (exact) mass is 706 g/mol. The van der Waals surface area contributed by atoms with Gasteiger partial charge in [-0.1, -0.05) is 34.5 Å². The molecule has 246 valence electrons. The summed E-state index contributed by atoms with van der Waals surface area (Å²) in [5.41, 5.74) is 0.562. The lowest BCUT2D eigenvalue weighted by Crippen LogP contribution is -2.73. The van der Waals surface area contributed by atoms with Gasteiger partial charge in [-0.25, -0.2) is 14.8 Å². The van der Waals surface area contributed by atoms with Crippen molar-refractivity contribution < 1.29 is 23.9 Å². The molecule has 0 unspecified atom stereocenters. The molecule has 3 aromatic rings. The second-order valence-corrected chi connectivity index (χ2v) is 15.7. The summed E-state index contributed by atoms with van der Waals surface area (Å²) in [6.45, 7) is 11.8. The second kappa shape index (κ2) is 12.8. The van der Waals surface area contributed by atoms with Crippen LogP contribution in [0, 0.1) is 11.3 Å². The summed E-state index contributed by atoms with van der Waals surface area (Å²) in [7, 11) is 0. The number of amides is 2. The van der Waals surface area contributed by atoms with E-state index >= 15 is 0 Å². The standard InChI is InChI=1S/C31H36Cl2N6O5S2/c1-5-43-27(41)18-6-8-37(9-7-18)24-21(33)10-19(12-34-24)25(40)36-28-35-23(22-11-20(32)13-45-22)26(46-28)38-14-31(15-38)16-39(17-31)29(42)44-30(2,3)4/h10-13,18H,5-9,14-17H2,1-4H3,(H,35,36,40). The minimum Gasteiger partial charge on any atom is -0.466 e. The van der Waals surface area contributed by atoms with Gasteiger partial charge in [0, 0.05) is 56.3 Å². The molecule has 0 aromatic carbocycles. The Bertz CT molecular complexity index is 1630. The summed E-state index contributed by atoms with van der Waals surface area (Å²) in [6, 6.07) is 3.48. The van der Waals surface area contributed by atoms with Gasteiger partial charge in [-0.3, -0.25) is 14.9 Å². The van der Waals surface area contributed by atoms with E-state index in [1.165, 1.54) is 28.9 Å². The maximum atomic E-state index is 13.3. The number of aromatic nitrogens is 2. The number of carbonyl (C=O) groups is 3. The van der Waals surface area contributed by atoms with Gasteiger partial charge < -0.3 is 24.2 Å². The SMILES string of the molecule is CCOC(=O)C1CCN(c2ncc(C(=O)Nc3nc(-c4cc(Cl)cs4)c(N4CC5(CN(C(=O)OC(C)(C)C)C5)C4)s3)cc2Cl)CC1. The summed E-state index contributed by atoms with van der Waals surface area (Å²) in [4.78, 5) is 54.1. The molecule has 2 amide bonds. The highest BCUT2D eigenvalue weighted by Crippen LogP contribution is 2.49. The van der Waals surface area contributed by atoms with E-state index in [4.69, 9.17) is 37.7 Å². The van der Waals surface area contributed by atoms with Crippen molar-refractivity contribution in [3.05, 3.63) is 39.3 Å². The van der Waals surface area contributed by atoms with Crippen LogP contribution in [0.4, 0.5) is 20.7 Å². The maximum Gasteiger partial charge on any atom is 0.410 e. The van der Waals surface area contributed by atoms with Crippen LogP contribution >= 0.6 is 45.9 Å². The fourth-order valence-corrected chi connectivity index (χ4v) is 8.44. The number of piperidine rings is 1. The van der Waals surface area contributed by atoms with Gasteiger partial charge in [0.15, 0.2) is 5.13 Å². The Labute approximate surface area is 285 Å². The molecule has 0 aliphatic carbocycles. The average Bonchev–Trinajstić information content (AvgIpc) is 3.56. The minimum atomic E-state index is -0.529. The lowest BCUT2D eigenvalue weighted by molar-refractivity contribution is -0.148. The number of hydrogen-bond donors (Lipinski definition) is 1. The summed E-state index contributed by atoms with van der Waals surface area (Å²) in [5.74, 6) is -0.0712. The zero-order valence-electron chi connectivity index (χ0n) is 26.1. The Kier molecular flexibility index (Phi) is 9.14. The van der Waals surface area contributed by atoms with Gasteiger partial charge in [0.1, 0.15) is 22.1 Å². The molecule has 3 aromatic heterocycles. The van der Waals surface area contributed by atoms with Crippen LogP contribution in [0.1, 0.15) is 50.9 Å². The number of halogens is 2. The van der Waals surface area contributed by atoms with Crippen LogP contribution in [0.5, 0.6) is 0 Å². The highest BCUT2D eigenvalue weighted by molar-refractivity contribution is 7.21. The third kappa shape index (κ3) is 6.92. The number of pyridine rings is 1. The van der Waals surface area contributed by atoms with Gasteiger partial charge >= 0.3 is 12.1 Å². The van der Waals surface area contributed by atoms with Crippen molar-refractivity contribution >= 4 is 79.8 Å². The number of esters is 1. The van der Waals surface area contributed by atoms with E-state index in [0.717, 1.165) is 28.7 Å². The molecule has 0 atom stereocenters. The van der Waals surface area contributed by atoms with Crippen molar-refractivity contribution in [1.29, 1.82) is 0 Å². The molecule has 1 spiro atoms. The molecule has 15 heteroatoms. The average molecular weight is 708 g/mol. The van der Waals surface area contributed by atoms with Crippen molar-refractivity contribution in [2.45, 2.75) is 46.1 Å². The first kappa shape index (κ1) is 32.8. The molecule has 6 rings (SSSR count). The predicted molar refractivity (Wildman–Crippen MR) is 182 cm³/mol. The van der Waals surface area contributed by atoms with Gasteiger partial charge in [0.05, 0.1) is 33.0 Å². The first-order valence-corrected chi connectivity index (χ1v) is 17.6. The molecule has 6 heterocycles. The molecule has 3 aliphatic heterocycles. The van der Waals surface area contributed by atoms with Crippen LogP contribution in [0.25, 0.3) is 10.6 Å². The summed E-state index contributed by atoms with van der Waals surface area (Å²) in [6.07, 6.45) is 2.54. The molecule has 11 nitrogen and oxygen atoms in total. The number of nitrogens with zero attached hydrogens (tertiary/aromatic N) is 5. The Morgan fingerprint density at radius 2 is 1.80 bits per heavy atom. The van der Waals surface area contributed by atoms with E-state index in [0.29, 0.717) is 72.2 Å². The number of likely N-dealkylation sites (tertiary alicyclic amines) is 1. The molecular weight excluding hydrogens is 671 g/mol. The zero-order chi connectivity index (χ0) is 32.8. The fraction of sp³-hybridized carbons (Fsp3) is 0.516. The second-order valence-electron chi connectivity index (χ2n) is 13.0. The highest BCUT2D eigenvalue weighted by atomic mass is 35.5. The first-order valence-electron chi connectivity index (χ1n) is 15.2. The van der Waals surface area contributed by atoms with E-state index in [-0.39, 0.29) is 29.3 Å². The number of thiazole rings is 1.